The predicted molar refractivity (Wildman–Crippen MR) is 72.0 cm³/mol. The second-order valence-electron chi connectivity index (χ2n) is 4.06. The van der Waals surface area contributed by atoms with Crippen molar-refractivity contribution in [2.24, 2.45) is 0 Å². The van der Waals surface area contributed by atoms with Crippen LogP contribution >= 0.6 is 0 Å². The van der Waals surface area contributed by atoms with Crippen molar-refractivity contribution in [1.29, 1.82) is 0 Å². The van der Waals surface area contributed by atoms with Gasteiger partial charge in [0.05, 0.1) is 13.7 Å². The lowest BCUT2D eigenvalue weighted by Crippen LogP contribution is -2.36. The second kappa shape index (κ2) is 7.00. The number of nitrogen functional groups attached to an aromatic ring is 1. The third-order valence-corrected chi connectivity index (χ3v) is 2.95. The number of aromatic nitrogens is 2. The van der Waals surface area contributed by atoms with Crippen molar-refractivity contribution in [3.8, 4) is 5.88 Å². The molecule has 0 aliphatic heterocycles. The summed E-state index contributed by atoms with van der Waals surface area (Å²) in [5.74, 6) is 1.11. The Kier molecular flexibility index (Phi) is 5.64. The summed E-state index contributed by atoms with van der Waals surface area (Å²) in [7, 11) is 3.23. The number of hydrogen-bond acceptors (Lipinski definition) is 6. The van der Waals surface area contributed by atoms with E-state index in [1.54, 1.807) is 14.2 Å². The minimum Gasteiger partial charge on any atom is -0.479 e. The molecule has 0 fully saturated rings. The smallest absolute Gasteiger partial charge is 0.242 e. The standard InChI is InChI=1S/C12H22N4O2/c1-5-9(2)16(6-7-17-3)11-10(13)12(18-4)15-8-14-11/h8-9H,5-7,13H2,1-4H3. The Balaban J connectivity index is 3.04. The first-order chi connectivity index (χ1) is 8.65. The molecule has 102 valence electrons. The van der Waals surface area contributed by atoms with Crippen LogP contribution in [0.25, 0.3) is 0 Å². The molecule has 18 heavy (non-hydrogen) atoms. The summed E-state index contributed by atoms with van der Waals surface area (Å²) in [5.41, 5.74) is 6.50. The fourth-order valence-corrected chi connectivity index (χ4v) is 1.71. The molecular weight excluding hydrogens is 232 g/mol. The zero-order valence-electron chi connectivity index (χ0n) is 11.5. The van der Waals surface area contributed by atoms with Crippen LogP contribution in [0.4, 0.5) is 11.5 Å². The van der Waals surface area contributed by atoms with E-state index in [-0.39, 0.29) is 0 Å². The molecule has 6 heteroatoms. The highest BCUT2D eigenvalue weighted by atomic mass is 16.5. The molecule has 0 bridgehead atoms. The van der Waals surface area contributed by atoms with Gasteiger partial charge in [0, 0.05) is 19.7 Å². The van der Waals surface area contributed by atoms with Gasteiger partial charge in [-0.1, -0.05) is 6.92 Å². The highest BCUT2D eigenvalue weighted by Gasteiger charge is 2.19. The fraction of sp³-hybridized carbons (Fsp3) is 0.667. The molecule has 0 spiro atoms. The molecule has 0 aliphatic carbocycles. The van der Waals surface area contributed by atoms with Crippen molar-refractivity contribution in [2.75, 3.05) is 38.0 Å². The van der Waals surface area contributed by atoms with Gasteiger partial charge in [0.1, 0.15) is 12.0 Å². The van der Waals surface area contributed by atoms with E-state index in [2.05, 4.69) is 28.7 Å². The van der Waals surface area contributed by atoms with Crippen LogP contribution in [-0.4, -0.2) is 43.4 Å². The SMILES string of the molecule is CCC(C)N(CCOC)c1ncnc(OC)c1N. The molecule has 1 rings (SSSR count). The zero-order chi connectivity index (χ0) is 13.5. The minimum atomic E-state index is 0.321. The summed E-state index contributed by atoms with van der Waals surface area (Å²) in [4.78, 5) is 10.4. The minimum absolute atomic E-state index is 0.321. The number of rotatable bonds is 7. The van der Waals surface area contributed by atoms with Crippen LogP contribution in [0, 0.1) is 0 Å². The molecule has 1 unspecified atom stereocenters. The van der Waals surface area contributed by atoms with Crippen molar-refractivity contribution in [3.63, 3.8) is 0 Å². The lowest BCUT2D eigenvalue weighted by atomic mass is 10.2. The van der Waals surface area contributed by atoms with Crippen LogP contribution in [0.2, 0.25) is 0 Å². The molecule has 6 nitrogen and oxygen atoms in total. The van der Waals surface area contributed by atoms with Gasteiger partial charge in [0.25, 0.3) is 0 Å². The van der Waals surface area contributed by atoms with E-state index in [1.165, 1.54) is 6.33 Å². The molecule has 0 aliphatic rings. The summed E-state index contributed by atoms with van der Waals surface area (Å²) in [6, 6.07) is 0.321. The van der Waals surface area contributed by atoms with E-state index in [1.807, 2.05) is 0 Å². The Bertz CT molecular complexity index is 373. The molecule has 1 heterocycles. The molecule has 1 atom stereocenters. The van der Waals surface area contributed by atoms with Crippen molar-refractivity contribution >= 4 is 11.5 Å². The Hall–Kier alpha value is -1.56. The molecular formula is C12H22N4O2. The van der Waals surface area contributed by atoms with Crippen molar-refractivity contribution in [1.82, 2.24) is 9.97 Å². The van der Waals surface area contributed by atoms with Crippen LogP contribution in [0.1, 0.15) is 20.3 Å². The highest BCUT2D eigenvalue weighted by Crippen LogP contribution is 2.29. The lowest BCUT2D eigenvalue weighted by Gasteiger charge is -2.30. The van der Waals surface area contributed by atoms with Gasteiger partial charge in [-0.25, -0.2) is 4.98 Å². The Morgan fingerprint density at radius 2 is 2.11 bits per heavy atom. The summed E-state index contributed by atoms with van der Waals surface area (Å²) < 4.78 is 10.2. The topological polar surface area (TPSA) is 73.5 Å². The lowest BCUT2D eigenvalue weighted by molar-refractivity contribution is 0.203. The summed E-state index contributed by atoms with van der Waals surface area (Å²) in [6.45, 7) is 5.61. The van der Waals surface area contributed by atoms with Gasteiger partial charge in [-0.05, 0) is 13.3 Å². The van der Waals surface area contributed by atoms with Crippen LogP contribution < -0.4 is 15.4 Å². The number of methoxy groups -OCH3 is 2. The predicted octanol–water partition coefficient (Wildman–Crippen LogP) is 1.32. The van der Waals surface area contributed by atoms with Crippen LogP contribution in [-0.2, 0) is 4.74 Å². The maximum atomic E-state index is 6.03. The zero-order valence-corrected chi connectivity index (χ0v) is 11.5. The van der Waals surface area contributed by atoms with Gasteiger partial charge in [-0.3, -0.25) is 0 Å². The molecule has 1 aromatic rings. The maximum Gasteiger partial charge on any atom is 0.242 e. The average molecular weight is 254 g/mol. The first-order valence-electron chi connectivity index (χ1n) is 6.05. The monoisotopic (exact) mass is 254 g/mol. The molecule has 2 N–H and O–H groups in total. The first-order valence-corrected chi connectivity index (χ1v) is 6.05. The van der Waals surface area contributed by atoms with E-state index in [9.17, 15) is 0 Å². The number of nitrogens with zero attached hydrogens (tertiary/aromatic N) is 3. The van der Waals surface area contributed by atoms with E-state index in [0.29, 0.717) is 30.0 Å². The molecule has 0 amide bonds. The normalized spacial score (nSPS) is 12.2. The van der Waals surface area contributed by atoms with Gasteiger partial charge in [-0.15, -0.1) is 0 Å². The molecule has 0 radical (unpaired) electrons. The number of hydrogen-bond donors (Lipinski definition) is 1. The van der Waals surface area contributed by atoms with E-state index in [4.69, 9.17) is 15.2 Å². The molecule has 0 saturated heterocycles. The Morgan fingerprint density at radius 1 is 1.39 bits per heavy atom. The highest BCUT2D eigenvalue weighted by molar-refractivity contribution is 5.68. The Morgan fingerprint density at radius 3 is 2.67 bits per heavy atom. The van der Waals surface area contributed by atoms with Gasteiger partial charge in [0.15, 0.2) is 5.82 Å². The third kappa shape index (κ3) is 3.22. The van der Waals surface area contributed by atoms with Crippen molar-refractivity contribution in [2.45, 2.75) is 26.3 Å². The molecule has 0 aromatic carbocycles. The van der Waals surface area contributed by atoms with Crippen LogP contribution in [0.5, 0.6) is 5.88 Å². The van der Waals surface area contributed by atoms with E-state index in [0.717, 1.165) is 13.0 Å². The summed E-state index contributed by atoms with van der Waals surface area (Å²) in [5, 5.41) is 0. The average Bonchev–Trinajstić information content (AvgIpc) is 2.40. The summed E-state index contributed by atoms with van der Waals surface area (Å²) in [6.07, 6.45) is 2.46. The van der Waals surface area contributed by atoms with Crippen LogP contribution in [0.15, 0.2) is 6.33 Å². The fourth-order valence-electron chi connectivity index (χ4n) is 1.71. The number of ether oxygens (including phenoxy) is 2. The van der Waals surface area contributed by atoms with Gasteiger partial charge >= 0.3 is 0 Å². The molecule has 1 aromatic heterocycles. The van der Waals surface area contributed by atoms with Gasteiger partial charge in [0.2, 0.25) is 5.88 Å². The maximum absolute atomic E-state index is 6.03. The first kappa shape index (κ1) is 14.5. The van der Waals surface area contributed by atoms with Crippen LogP contribution in [0.3, 0.4) is 0 Å². The number of nitrogens with two attached hydrogens (primary N) is 1. The van der Waals surface area contributed by atoms with E-state index < -0.39 is 0 Å². The second-order valence-corrected chi connectivity index (χ2v) is 4.06. The summed E-state index contributed by atoms with van der Waals surface area (Å²) >= 11 is 0. The van der Waals surface area contributed by atoms with Crippen molar-refractivity contribution in [3.05, 3.63) is 6.33 Å². The Labute approximate surface area is 108 Å². The molecule has 0 saturated carbocycles. The van der Waals surface area contributed by atoms with E-state index >= 15 is 0 Å². The quantitative estimate of drug-likeness (QED) is 0.791. The number of anilines is 2. The largest absolute Gasteiger partial charge is 0.479 e. The van der Waals surface area contributed by atoms with Gasteiger partial charge < -0.3 is 20.1 Å². The third-order valence-electron chi connectivity index (χ3n) is 2.95. The van der Waals surface area contributed by atoms with Gasteiger partial charge in [-0.2, -0.15) is 4.98 Å². The van der Waals surface area contributed by atoms with Crippen molar-refractivity contribution < 1.29 is 9.47 Å².